The van der Waals surface area contributed by atoms with Crippen LogP contribution in [0.2, 0.25) is 0 Å². The predicted octanol–water partition coefficient (Wildman–Crippen LogP) is 1.14. The van der Waals surface area contributed by atoms with Gasteiger partial charge >= 0.3 is 6.01 Å². The van der Waals surface area contributed by atoms with Gasteiger partial charge in [-0.2, -0.15) is 5.10 Å². The number of nitrogens with zero attached hydrogens (tertiary/aromatic N) is 5. The molecule has 0 bridgehead atoms. The summed E-state index contributed by atoms with van der Waals surface area (Å²) in [5, 5.41) is 17.5. The van der Waals surface area contributed by atoms with Crippen molar-refractivity contribution in [1.29, 1.82) is 0 Å². The first-order valence-corrected chi connectivity index (χ1v) is 5.18. The Morgan fingerprint density at radius 1 is 1.29 bits per heavy atom. The number of rotatable bonds is 1. The van der Waals surface area contributed by atoms with Gasteiger partial charge in [0, 0.05) is 18.8 Å². The zero-order valence-electron chi connectivity index (χ0n) is 9.49. The maximum atomic E-state index is 9.35. The molecule has 0 unspecified atom stereocenters. The predicted molar refractivity (Wildman–Crippen MR) is 61.6 cm³/mol. The number of aromatic nitrogens is 5. The highest BCUT2D eigenvalue weighted by molar-refractivity contribution is 5.68. The highest BCUT2D eigenvalue weighted by Crippen LogP contribution is 2.24. The monoisotopic (exact) mass is 229 g/mol. The van der Waals surface area contributed by atoms with Crippen LogP contribution >= 0.6 is 0 Å². The van der Waals surface area contributed by atoms with Gasteiger partial charge in [0.25, 0.3) is 0 Å². The Balaban J connectivity index is 2.33. The van der Waals surface area contributed by atoms with Gasteiger partial charge in [-0.1, -0.05) is 0 Å². The van der Waals surface area contributed by atoms with E-state index in [9.17, 15) is 5.11 Å². The molecule has 3 rings (SSSR count). The van der Waals surface area contributed by atoms with Gasteiger partial charge < -0.3 is 5.11 Å². The molecule has 1 N–H and O–H groups in total. The van der Waals surface area contributed by atoms with Crippen LogP contribution in [-0.4, -0.2) is 29.5 Å². The minimum absolute atomic E-state index is 0.238. The van der Waals surface area contributed by atoms with Crippen LogP contribution in [0.4, 0.5) is 0 Å². The molecule has 0 aromatic carbocycles. The molecule has 0 spiro atoms. The second kappa shape index (κ2) is 3.31. The lowest BCUT2D eigenvalue weighted by atomic mass is 10.2. The van der Waals surface area contributed by atoms with E-state index < -0.39 is 0 Å². The molecule has 6 nitrogen and oxygen atoms in total. The fourth-order valence-electron chi connectivity index (χ4n) is 1.89. The molecular formula is C11H11N5O. The van der Waals surface area contributed by atoms with Crippen molar-refractivity contribution in [3.05, 3.63) is 30.2 Å². The van der Waals surface area contributed by atoms with E-state index in [1.54, 1.807) is 21.6 Å². The Morgan fingerprint density at radius 3 is 2.82 bits per heavy atom. The molecule has 0 fully saturated rings. The van der Waals surface area contributed by atoms with Gasteiger partial charge in [-0.25, -0.2) is 9.50 Å². The molecule has 0 saturated carbocycles. The van der Waals surface area contributed by atoms with Crippen LogP contribution in [0.1, 0.15) is 5.56 Å². The van der Waals surface area contributed by atoms with Gasteiger partial charge in [0.05, 0.1) is 23.6 Å². The number of hydrogen-bond donors (Lipinski definition) is 1. The molecule has 0 aliphatic heterocycles. The van der Waals surface area contributed by atoms with Gasteiger partial charge in [0.2, 0.25) is 0 Å². The van der Waals surface area contributed by atoms with Gasteiger partial charge in [-0.3, -0.25) is 4.68 Å². The number of aromatic hydroxyl groups is 1. The quantitative estimate of drug-likeness (QED) is 0.679. The van der Waals surface area contributed by atoms with E-state index in [1.807, 2.05) is 26.2 Å². The molecule has 0 aliphatic rings. The summed E-state index contributed by atoms with van der Waals surface area (Å²) in [6.07, 6.45) is 5.28. The first-order chi connectivity index (χ1) is 8.15. The van der Waals surface area contributed by atoms with Crippen LogP contribution in [0.15, 0.2) is 24.7 Å². The van der Waals surface area contributed by atoms with E-state index >= 15 is 0 Å². The van der Waals surface area contributed by atoms with E-state index in [4.69, 9.17) is 0 Å². The smallest absolute Gasteiger partial charge is 0.331 e. The molecule has 3 heterocycles. The molecule has 0 atom stereocenters. The Kier molecular flexibility index (Phi) is 1.91. The maximum absolute atomic E-state index is 9.35. The second-order valence-corrected chi connectivity index (χ2v) is 3.97. The second-order valence-electron chi connectivity index (χ2n) is 3.97. The molecule has 17 heavy (non-hydrogen) atoms. The first kappa shape index (κ1) is 9.83. The Bertz CT molecular complexity index is 697. The Labute approximate surface area is 97.1 Å². The van der Waals surface area contributed by atoms with E-state index in [-0.39, 0.29) is 6.01 Å². The summed E-state index contributed by atoms with van der Waals surface area (Å²) in [5.41, 5.74) is 3.78. The van der Waals surface area contributed by atoms with Gasteiger partial charge in [0.15, 0.2) is 0 Å². The van der Waals surface area contributed by atoms with Crippen molar-refractivity contribution >= 4 is 5.52 Å². The molecule has 6 heteroatoms. The zero-order chi connectivity index (χ0) is 12.0. The molecule has 0 amide bonds. The topological polar surface area (TPSA) is 68.2 Å². The van der Waals surface area contributed by atoms with Gasteiger partial charge in [-0.05, 0) is 18.6 Å². The SMILES string of the molecule is Cc1cc(-c2cnn(C)c2)n2nc(O)ncc12. The summed E-state index contributed by atoms with van der Waals surface area (Å²) in [5.74, 6) is 0. The lowest BCUT2D eigenvalue weighted by Crippen LogP contribution is -1.95. The molecule has 86 valence electrons. The normalized spacial score (nSPS) is 11.2. The summed E-state index contributed by atoms with van der Waals surface area (Å²) < 4.78 is 3.40. The third-order valence-electron chi connectivity index (χ3n) is 2.71. The Hall–Kier alpha value is -2.37. The van der Waals surface area contributed by atoms with E-state index in [0.717, 1.165) is 22.3 Å². The zero-order valence-corrected chi connectivity index (χ0v) is 9.49. The number of hydrogen-bond acceptors (Lipinski definition) is 4. The minimum atomic E-state index is -0.238. The summed E-state index contributed by atoms with van der Waals surface area (Å²) >= 11 is 0. The molecule has 0 saturated heterocycles. The molecule has 3 aromatic rings. The molecule has 3 aromatic heterocycles. The first-order valence-electron chi connectivity index (χ1n) is 5.18. The van der Waals surface area contributed by atoms with E-state index in [1.165, 1.54) is 0 Å². The highest BCUT2D eigenvalue weighted by Gasteiger charge is 2.11. The van der Waals surface area contributed by atoms with Crippen molar-refractivity contribution in [3.63, 3.8) is 0 Å². The average molecular weight is 229 g/mol. The Morgan fingerprint density at radius 2 is 2.12 bits per heavy atom. The largest absolute Gasteiger partial charge is 0.478 e. The maximum Gasteiger partial charge on any atom is 0.331 e. The lowest BCUT2D eigenvalue weighted by Gasteiger charge is -1.98. The van der Waals surface area contributed by atoms with Gasteiger partial charge in [-0.15, -0.1) is 5.10 Å². The minimum Gasteiger partial charge on any atom is -0.478 e. The van der Waals surface area contributed by atoms with Crippen LogP contribution in [0, 0.1) is 6.92 Å². The average Bonchev–Trinajstić information content (AvgIpc) is 2.83. The summed E-state index contributed by atoms with van der Waals surface area (Å²) in [6.45, 7) is 1.98. The van der Waals surface area contributed by atoms with Crippen LogP contribution in [0.3, 0.4) is 0 Å². The van der Waals surface area contributed by atoms with E-state index in [2.05, 4.69) is 15.2 Å². The van der Waals surface area contributed by atoms with Gasteiger partial charge in [0.1, 0.15) is 0 Å². The number of aryl methyl sites for hydroxylation is 2. The van der Waals surface area contributed by atoms with Crippen LogP contribution < -0.4 is 0 Å². The summed E-state index contributed by atoms with van der Waals surface area (Å²) in [4.78, 5) is 3.78. The molecule has 0 aliphatic carbocycles. The van der Waals surface area contributed by atoms with Crippen LogP contribution in [-0.2, 0) is 7.05 Å². The van der Waals surface area contributed by atoms with E-state index in [0.29, 0.717) is 0 Å². The number of fused-ring (bicyclic) bond motifs is 1. The van der Waals surface area contributed by atoms with Crippen LogP contribution in [0.5, 0.6) is 6.01 Å². The fourth-order valence-corrected chi connectivity index (χ4v) is 1.89. The third-order valence-corrected chi connectivity index (χ3v) is 2.71. The van der Waals surface area contributed by atoms with Crippen molar-refractivity contribution in [2.75, 3.05) is 0 Å². The molecule has 0 radical (unpaired) electrons. The summed E-state index contributed by atoms with van der Waals surface area (Å²) in [6, 6.07) is 1.76. The highest BCUT2D eigenvalue weighted by atomic mass is 16.3. The molecular weight excluding hydrogens is 218 g/mol. The van der Waals surface area contributed by atoms with Crippen molar-refractivity contribution in [2.45, 2.75) is 6.92 Å². The van der Waals surface area contributed by atoms with Crippen molar-refractivity contribution in [2.24, 2.45) is 7.05 Å². The van der Waals surface area contributed by atoms with Crippen molar-refractivity contribution in [1.82, 2.24) is 24.4 Å². The van der Waals surface area contributed by atoms with Crippen molar-refractivity contribution < 1.29 is 5.11 Å². The third kappa shape index (κ3) is 1.45. The summed E-state index contributed by atoms with van der Waals surface area (Å²) in [7, 11) is 1.86. The van der Waals surface area contributed by atoms with Crippen LogP contribution in [0.25, 0.3) is 16.8 Å². The van der Waals surface area contributed by atoms with Crippen molar-refractivity contribution in [3.8, 4) is 17.3 Å². The fraction of sp³-hybridized carbons (Fsp3) is 0.182. The lowest BCUT2D eigenvalue weighted by molar-refractivity contribution is 0.419. The standard InChI is InChI=1S/C11H11N5O/c1-7-3-9(8-4-13-15(2)6-8)16-10(7)5-12-11(17)14-16/h3-6H,1-2H3,(H,14,17).